The van der Waals surface area contributed by atoms with Crippen LogP contribution in [0.5, 0.6) is 0 Å². The average molecular weight is 213 g/mol. The summed E-state index contributed by atoms with van der Waals surface area (Å²) in [5, 5.41) is 0. The first-order chi connectivity index (χ1) is 7.04. The zero-order chi connectivity index (χ0) is 11.8. The van der Waals surface area contributed by atoms with E-state index in [1.807, 2.05) is 6.92 Å². The first kappa shape index (κ1) is 14.0. The minimum Gasteiger partial charge on any atom is -0.504 e. The van der Waals surface area contributed by atoms with Crippen molar-refractivity contribution in [2.75, 3.05) is 21.2 Å². The summed E-state index contributed by atoms with van der Waals surface area (Å²) in [6.07, 6.45) is 4.87. The van der Waals surface area contributed by atoms with E-state index < -0.39 is 0 Å². The summed E-state index contributed by atoms with van der Waals surface area (Å²) in [6, 6.07) is 0. The van der Waals surface area contributed by atoms with E-state index in [-0.39, 0.29) is 11.8 Å². The maximum absolute atomic E-state index is 11.8. The summed E-state index contributed by atoms with van der Waals surface area (Å²) in [5.41, 5.74) is 1.08. The number of unbranched alkanes of at least 4 members (excludes halogenated alkanes) is 1. The first-order valence-electron chi connectivity index (χ1n) is 5.47. The largest absolute Gasteiger partial charge is 0.504 e. The zero-order valence-electron chi connectivity index (χ0n) is 10.5. The molecule has 0 aliphatic rings. The van der Waals surface area contributed by atoms with E-state index >= 15 is 0 Å². The number of nitrogens with zero attached hydrogens (tertiary/aromatic N) is 1. The van der Waals surface area contributed by atoms with Crippen molar-refractivity contribution in [2.45, 2.75) is 33.1 Å². The van der Waals surface area contributed by atoms with E-state index in [1.165, 1.54) is 0 Å². The van der Waals surface area contributed by atoms with Crippen molar-refractivity contribution in [2.24, 2.45) is 5.92 Å². The Morgan fingerprint density at radius 3 is 2.47 bits per heavy atom. The Balaban J connectivity index is 4.48. The lowest BCUT2D eigenvalue weighted by Gasteiger charge is -2.19. The SMILES string of the molecule is CCCCC(=COC)C(C)C(=O)N(C)C. The van der Waals surface area contributed by atoms with Crippen molar-refractivity contribution < 1.29 is 9.53 Å². The van der Waals surface area contributed by atoms with Gasteiger partial charge in [0.1, 0.15) is 0 Å². The molecule has 0 heterocycles. The van der Waals surface area contributed by atoms with Gasteiger partial charge in [-0.15, -0.1) is 0 Å². The van der Waals surface area contributed by atoms with Crippen LogP contribution in [0.4, 0.5) is 0 Å². The van der Waals surface area contributed by atoms with E-state index in [0.29, 0.717) is 0 Å². The fraction of sp³-hybridized carbons (Fsp3) is 0.750. The molecule has 3 nitrogen and oxygen atoms in total. The molecular formula is C12H23NO2. The van der Waals surface area contributed by atoms with Gasteiger partial charge in [0.25, 0.3) is 0 Å². The predicted octanol–water partition coefficient (Wildman–Crippen LogP) is 2.43. The Morgan fingerprint density at radius 1 is 1.47 bits per heavy atom. The van der Waals surface area contributed by atoms with Gasteiger partial charge in [0, 0.05) is 14.1 Å². The molecule has 1 atom stereocenters. The molecule has 0 aromatic heterocycles. The van der Waals surface area contributed by atoms with Crippen LogP contribution in [0.25, 0.3) is 0 Å². The number of carbonyl (C=O) groups is 1. The lowest BCUT2D eigenvalue weighted by Crippen LogP contribution is -2.29. The second-order valence-electron chi connectivity index (χ2n) is 3.99. The van der Waals surface area contributed by atoms with Crippen LogP contribution in [0.1, 0.15) is 33.1 Å². The Morgan fingerprint density at radius 2 is 2.07 bits per heavy atom. The maximum atomic E-state index is 11.8. The van der Waals surface area contributed by atoms with Gasteiger partial charge in [-0.3, -0.25) is 4.79 Å². The highest BCUT2D eigenvalue weighted by Gasteiger charge is 2.19. The van der Waals surface area contributed by atoms with Crippen molar-refractivity contribution in [3.05, 3.63) is 11.8 Å². The van der Waals surface area contributed by atoms with Gasteiger partial charge in [-0.2, -0.15) is 0 Å². The predicted molar refractivity (Wildman–Crippen MR) is 62.5 cm³/mol. The Bertz CT molecular complexity index is 222. The van der Waals surface area contributed by atoms with E-state index in [9.17, 15) is 4.79 Å². The van der Waals surface area contributed by atoms with Crippen molar-refractivity contribution in [1.29, 1.82) is 0 Å². The third-order valence-electron chi connectivity index (χ3n) is 2.46. The van der Waals surface area contributed by atoms with Gasteiger partial charge in [-0.25, -0.2) is 0 Å². The van der Waals surface area contributed by atoms with Gasteiger partial charge < -0.3 is 9.64 Å². The Hall–Kier alpha value is -0.990. The molecule has 0 N–H and O–H groups in total. The number of amides is 1. The van der Waals surface area contributed by atoms with Crippen LogP contribution in [-0.4, -0.2) is 32.0 Å². The molecule has 0 fully saturated rings. The Labute approximate surface area is 93.1 Å². The third-order valence-corrected chi connectivity index (χ3v) is 2.46. The van der Waals surface area contributed by atoms with Gasteiger partial charge in [0.05, 0.1) is 19.3 Å². The molecule has 15 heavy (non-hydrogen) atoms. The quantitative estimate of drug-likeness (QED) is 0.634. The van der Waals surface area contributed by atoms with Crippen molar-refractivity contribution >= 4 is 5.91 Å². The highest BCUT2D eigenvalue weighted by atomic mass is 16.5. The van der Waals surface area contributed by atoms with Crippen LogP contribution in [0, 0.1) is 5.92 Å². The minimum absolute atomic E-state index is 0.0773. The van der Waals surface area contributed by atoms with E-state index in [0.717, 1.165) is 24.8 Å². The topological polar surface area (TPSA) is 29.5 Å². The number of ether oxygens (including phenoxy) is 1. The third kappa shape index (κ3) is 4.86. The second kappa shape index (κ2) is 7.32. The fourth-order valence-electron chi connectivity index (χ4n) is 1.46. The molecule has 0 rings (SSSR count). The number of hydrogen-bond acceptors (Lipinski definition) is 2. The van der Waals surface area contributed by atoms with Crippen LogP contribution in [0.15, 0.2) is 11.8 Å². The molecule has 1 amide bonds. The first-order valence-corrected chi connectivity index (χ1v) is 5.47. The number of methoxy groups -OCH3 is 1. The molecule has 0 aliphatic heterocycles. The average Bonchev–Trinajstić information content (AvgIpc) is 2.22. The maximum Gasteiger partial charge on any atom is 0.229 e. The molecule has 0 radical (unpaired) electrons. The molecule has 0 bridgehead atoms. The molecule has 0 saturated heterocycles. The second-order valence-corrected chi connectivity index (χ2v) is 3.99. The molecule has 0 aromatic carbocycles. The standard InChI is InChI=1S/C12H23NO2/c1-6-7-8-11(9-15-5)10(2)12(14)13(3)4/h9-10H,6-8H2,1-5H3. The van der Waals surface area contributed by atoms with Gasteiger partial charge in [-0.05, 0) is 25.3 Å². The van der Waals surface area contributed by atoms with Crippen LogP contribution in [0.3, 0.4) is 0 Å². The zero-order valence-corrected chi connectivity index (χ0v) is 10.5. The van der Waals surface area contributed by atoms with Gasteiger partial charge >= 0.3 is 0 Å². The summed E-state index contributed by atoms with van der Waals surface area (Å²) in [5.74, 6) is 0.0564. The van der Waals surface area contributed by atoms with Gasteiger partial charge in [0.15, 0.2) is 0 Å². The summed E-state index contributed by atoms with van der Waals surface area (Å²) >= 11 is 0. The normalized spacial score (nSPS) is 13.5. The molecule has 0 aliphatic carbocycles. The number of rotatable bonds is 6. The number of carbonyl (C=O) groups excluding carboxylic acids is 1. The Kier molecular flexibility index (Phi) is 6.84. The van der Waals surface area contributed by atoms with Gasteiger partial charge in [0.2, 0.25) is 5.91 Å². The summed E-state index contributed by atoms with van der Waals surface area (Å²) in [4.78, 5) is 13.4. The van der Waals surface area contributed by atoms with Gasteiger partial charge in [-0.1, -0.05) is 13.3 Å². The summed E-state index contributed by atoms with van der Waals surface area (Å²) in [7, 11) is 5.19. The molecule has 88 valence electrons. The highest BCUT2D eigenvalue weighted by Crippen LogP contribution is 2.19. The highest BCUT2D eigenvalue weighted by molar-refractivity contribution is 5.80. The van der Waals surface area contributed by atoms with E-state index in [4.69, 9.17) is 4.74 Å². The fourth-order valence-corrected chi connectivity index (χ4v) is 1.46. The van der Waals surface area contributed by atoms with E-state index in [1.54, 1.807) is 32.4 Å². The molecule has 1 unspecified atom stereocenters. The lowest BCUT2D eigenvalue weighted by atomic mass is 9.96. The van der Waals surface area contributed by atoms with Crippen molar-refractivity contribution in [3.63, 3.8) is 0 Å². The summed E-state index contributed by atoms with van der Waals surface area (Å²) in [6.45, 7) is 4.08. The monoisotopic (exact) mass is 213 g/mol. The smallest absolute Gasteiger partial charge is 0.229 e. The lowest BCUT2D eigenvalue weighted by molar-refractivity contribution is -0.131. The van der Waals surface area contributed by atoms with Crippen LogP contribution >= 0.6 is 0 Å². The molecule has 0 spiro atoms. The molecule has 3 heteroatoms. The van der Waals surface area contributed by atoms with Crippen LogP contribution in [-0.2, 0) is 9.53 Å². The van der Waals surface area contributed by atoms with Crippen molar-refractivity contribution in [3.8, 4) is 0 Å². The van der Waals surface area contributed by atoms with E-state index in [2.05, 4.69) is 6.92 Å². The number of hydrogen-bond donors (Lipinski definition) is 0. The van der Waals surface area contributed by atoms with Crippen LogP contribution in [0.2, 0.25) is 0 Å². The molecule has 0 aromatic rings. The molecular weight excluding hydrogens is 190 g/mol. The van der Waals surface area contributed by atoms with Crippen LogP contribution < -0.4 is 0 Å². The molecule has 0 saturated carbocycles. The van der Waals surface area contributed by atoms with Crippen molar-refractivity contribution in [1.82, 2.24) is 4.90 Å². The summed E-state index contributed by atoms with van der Waals surface area (Å²) < 4.78 is 5.02. The minimum atomic E-state index is -0.0773.